The zero-order chi connectivity index (χ0) is 9.14. The van der Waals surface area contributed by atoms with Crippen LogP contribution in [0.5, 0.6) is 0 Å². The quantitative estimate of drug-likeness (QED) is 0.420. The van der Waals surface area contributed by atoms with Crippen LogP contribution in [0.4, 0.5) is 0 Å². The van der Waals surface area contributed by atoms with Crippen LogP contribution in [0.25, 0.3) is 0 Å². The van der Waals surface area contributed by atoms with Crippen LogP contribution < -0.4 is 0 Å². The second-order valence-corrected chi connectivity index (χ2v) is 2.97. The maximum Gasteiger partial charge on any atom is 0.180 e. The minimum absolute atomic E-state index is 0.0650. The largest absolute Gasteiger partial charge is 0.293 e. The van der Waals surface area contributed by atoms with E-state index in [4.69, 9.17) is 23.2 Å². The number of nitrogens with zero attached hydrogens (tertiary/aromatic N) is 1. The molecule has 0 saturated carbocycles. The molecular formula is C8H7Cl2NO. The molecule has 0 spiro atoms. The van der Waals surface area contributed by atoms with Crippen LogP contribution in [0, 0.1) is 6.92 Å². The van der Waals surface area contributed by atoms with Gasteiger partial charge in [0.05, 0.1) is 11.4 Å². The molecule has 0 aliphatic rings. The first-order valence-corrected chi connectivity index (χ1v) is 4.28. The second kappa shape index (κ2) is 3.87. The van der Waals surface area contributed by atoms with Crippen molar-refractivity contribution in [1.82, 2.24) is 4.98 Å². The standard InChI is InChI=1S/C8H7Cl2NO/c1-5-2-3-6(7(12)4-9)8(10)11-5/h2-3H,4H2,1H3. The molecule has 12 heavy (non-hydrogen) atoms. The number of Topliss-reactive ketones (excluding diaryl/α,β-unsaturated/α-hetero) is 1. The smallest absolute Gasteiger partial charge is 0.180 e. The van der Waals surface area contributed by atoms with Crippen LogP contribution >= 0.6 is 23.2 Å². The van der Waals surface area contributed by atoms with E-state index in [-0.39, 0.29) is 16.8 Å². The molecule has 2 nitrogen and oxygen atoms in total. The van der Waals surface area contributed by atoms with Crippen molar-refractivity contribution in [3.8, 4) is 0 Å². The van der Waals surface area contributed by atoms with E-state index in [0.717, 1.165) is 5.69 Å². The van der Waals surface area contributed by atoms with Crippen LogP contribution in [-0.4, -0.2) is 16.6 Å². The Kier molecular flexibility index (Phi) is 3.06. The molecule has 0 unspecified atom stereocenters. The SMILES string of the molecule is Cc1ccc(C(=O)CCl)c(Cl)n1. The Bertz CT molecular complexity index is 312. The summed E-state index contributed by atoms with van der Waals surface area (Å²) in [6.45, 7) is 1.81. The number of ketones is 1. The Morgan fingerprint density at radius 3 is 2.75 bits per heavy atom. The lowest BCUT2D eigenvalue weighted by atomic mass is 10.2. The first kappa shape index (κ1) is 9.49. The van der Waals surface area contributed by atoms with E-state index in [1.807, 2.05) is 0 Å². The Morgan fingerprint density at radius 1 is 1.58 bits per heavy atom. The highest BCUT2D eigenvalue weighted by Crippen LogP contribution is 2.14. The zero-order valence-electron chi connectivity index (χ0n) is 6.47. The van der Waals surface area contributed by atoms with Crippen molar-refractivity contribution < 1.29 is 4.79 Å². The number of aryl methyl sites for hydroxylation is 1. The molecule has 64 valence electrons. The maximum absolute atomic E-state index is 11.1. The lowest BCUT2D eigenvalue weighted by Crippen LogP contribution is -2.02. The number of alkyl halides is 1. The average Bonchev–Trinajstić information content (AvgIpc) is 2.03. The predicted molar refractivity (Wildman–Crippen MR) is 49.0 cm³/mol. The fraction of sp³-hybridized carbons (Fsp3) is 0.250. The van der Waals surface area contributed by atoms with Crippen LogP contribution in [0.2, 0.25) is 5.15 Å². The van der Waals surface area contributed by atoms with Gasteiger partial charge in [-0.25, -0.2) is 4.98 Å². The average molecular weight is 204 g/mol. The number of carbonyl (C=O) groups excluding carboxylic acids is 1. The molecule has 0 saturated heterocycles. The van der Waals surface area contributed by atoms with Gasteiger partial charge < -0.3 is 0 Å². The second-order valence-electron chi connectivity index (χ2n) is 2.35. The monoisotopic (exact) mass is 203 g/mol. The van der Waals surface area contributed by atoms with Crippen molar-refractivity contribution in [1.29, 1.82) is 0 Å². The topological polar surface area (TPSA) is 30.0 Å². The van der Waals surface area contributed by atoms with E-state index < -0.39 is 0 Å². The van der Waals surface area contributed by atoms with E-state index in [0.29, 0.717) is 5.56 Å². The third-order valence-corrected chi connectivity index (χ3v) is 1.94. The summed E-state index contributed by atoms with van der Waals surface area (Å²) in [5, 5.41) is 0.223. The van der Waals surface area contributed by atoms with Crippen molar-refractivity contribution >= 4 is 29.0 Å². The summed E-state index contributed by atoms with van der Waals surface area (Å²) < 4.78 is 0. The summed E-state index contributed by atoms with van der Waals surface area (Å²) in [5.41, 5.74) is 1.17. The maximum atomic E-state index is 11.1. The number of carbonyl (C=O) groups is 1. The van der Waals surface area contributed by atoms with Gasteiger partial charge in [0.1, 0.15) is 5.15 Å². The lowest BCUT2D eigenvalue weighted by Gasteiger charge is -1.99. The van der Waals surface area contributed by atoms with Gasteiger partial charge >= 0.3 is 0 Å². The summed E-state index contributed by atoms with van der Waals surface area (Å²) in [6.07, 6.45) is 0. The van der Waals surface area contributed by atoms with Gasteiger partial charge in [-0.3, -0.25) is 4.79 Å². The van der Waals surface area contributed by atoms with Crippen molar-refractivity contribution in [3.05, 3.63) is 28.5 Å². The molecule has 0 radical (unpaired) electrons. The Balaban J connectivity index is 3.09. The fourth-order valence-electron chi connectivity index (χ4n) is 0.805. The van der Waals surface area contributed by atoms with Gasteiger partial charge in [0.15, 0.2) is 5.78 Å². The molecule has 0 aliphatic carbocycles. The molecular weight excluding hydrogens is 197 g/mol. The number of aromatic nitrogens is 1. The van der Waals surface area contributed by atoms with E-state index >= 15 is 0 Å². The van der Waals surface area contributed by atoms with E-state index in [2.05, 4.69) is 4.98 Å². The Hall–Kier alpha value is -0.600. The third kappa shape index (κ3) is 1.96. The minimum atomic E-state index is -0.200. The van der Waals surface area contributed by atoms with Crippen LogP contribution in [0.1, 0.15) is 16.1 Å². The number of hydrogen-bond acceptors (Lipinski definition) is 2. The van der Waals surface area contributed by atoms with Gasteiger partial charge in [-0.1, -0.05) is 11.6 Å². The van der Waals surface area contributed by atoms with Gasteiger partial charge in [0.25, 0.3) is 0 Å². The summed E-state index contributed by atoms with van der Waals surface area (Å²) in [7, 11) is 0. The van der Waals surface area contributed by atoms with E-state index in [1.165, 1.54) is 0 Å². The summed E-state index contributed by atoms with van der Waals surface area (Å²) in [5.74, 6) is -0.265. The molecule has 4 heteroatoms. The molecule has 1 heterocycles. The van der Waals surface area contributed by atoms with Gasteiger partial charge in [-0.2, -0.15) is 0 Å². The predicted octanol–water partition coefficient (Wildman–Crippen LogP) is 2.46. The van der Waals surface area contributed by atoms with E-state index in [9.17, 15) is 4.79 Å². The molecule has 0 bridgehead atoms. The molecule has 0 atom stereocenters. The van der Waals surface area contributed by atoms with Crippen LogP contribution in [-0.2, 0) is 0 Å². The highest BCUT2D eigenvalue weighted by Gasteiger charge is 2.09. The molecule has 1 aromatic heterocycles. The number of hydrogen-bond donors (Lipinski definition) is 0. The molecule has 0 fully saturated rings. The fourth-order valence-corrected chi connectivity index (χ4v) is 1.25. The molecule has 0 amide bonds. The molecule has 1 aromatic rings. The lowest BCUT2D eigenvalue weighted by molar-refractivity contribution is 0.102. The van der Waals surface area contributed by atoms with Crippen molar-refractivity contribution in [2.45, 2.75) is 6.92 Å². The summed E-state index contributed by atoms with van der Waals surface area (Å²) >= 11 is 11.1. The third-order valence-electron chi connectivity index (χ3n) is 1.41. The minimum Gasteiger partial charge on any atom is -0.293 e. The zero-order valence-corrected chi connectivity index (χ0v) is 7.99. The highest BCUT2D eigenvalue weighted by molar-refractivity contribution is 6.36. The van der Waals surface area contributed by atoms with Gasteiger partial charge in [-0.15, -0.1) is 11.6 Å². The molecule has 0 N–H and O–H groups in total. The first-order chi connectivity index (χ1) is 5.65. The van der Waals surface area contributed by atoms with Gasteiger partial charge in [-0.05, 0) is 19.1 Å². The number of rotatable bonds is 2. The van der Waals surface area contributed by atoms with Crippen LogP contribution in [0.3, 0.4) is 0 Å². The molecule has 0 aromatic carbocycles. The van der Waals surface area contributed by atoms with Gasteiger partial charge in [0, 0.05) is 5.69 Å². The highest BCUT2D eigenvalue weighted by atomic mass is 35.5. The Labute approximate surface area is 80.5 Å². The normalized spacial score (nSPS) is 9.92. The summed E-state index contributed by atoms with van der Waals surface area (Å²) in [4.78, 5) is 15.0. The van der Waals surface area contributed by atoms with Crippen molar-refractivity contribution in [2.75, 3.05) is 5.88 Å². The van der Waals surface area contributed by atoms with E-state index in [1.54, 1.807) is 19.1 Å². The summed E-state index contributed by atoms with van der Waals surface area (Å²) in [6, 6.07) is 3.36. The van der Waals surface area contributed by atoms with Crippen molar-refractivity contribution in [3.63, 3.8) is 0 Å². The molecule has 0 aliphatic heterocycles. The Morgan fingerprint density at radius 2 is 2.25 bits per heavy atom. The number of pyridine rings is 1. The van der Waals surface area contributed by atoms with Gasteiger partial charge in [0.2, 0.25) is 0 Å². The first-order valence-electron chi connectivity index (χ1n) is 3.37. The van der Waals surface area contributed by atoms with Crippen LogP contribution in [0.15, 0.2) is 12.1 Å². The van der Waals surface area contributed by atoms with Crippen molar-refractivity contribution in [2.24, 2.45) is 0 Å². The molecule has 1 rings (SSSR count). The number of halogens is 2.